The third kappa shape index (κ3) is 4.42. The highest BCUT2D eigenvalue weighted by atomic mass is 16.3. The summed E-state index contributed by atoms with van der Waals surface area (Å²) in [5.74, 6) is 0.322. The molecule has 5 nitrogen and oxygen atoms in total. The van der Waals surface area contributed by atoms with Crippen molar-refractivity contribution in [3.05, 3.63) is 47.4 Å². The average Bonchev–Trinajstić information content (AvgIpc) is 2.82. The number of aliphatic hydroxyl groups is 1. The number of hydrogen-bond acceptors (Lipinski definition) is 4. The van der Waals surface area contributed by atoms with Gasteiger partial charge in [-0.2, -0.15) is 5.10 Å². The molecule has 2 rings (SSSR count). The molecular weight excluding hydrogens is 254 g/mol. The van der Waals surface area contributed by atoms with Gasteiger partial charge in [0.05, 0.1) is 11.8 Å². The lowest BCUT2D eigenvalue weighted by Gasteiger charge is -2.16. The van der Waals surface area contributed by atoms with E-state index in [1.165, 1.54) is 5.57 Å². The molecule has 1 heterocycles. The van der Waals surface area contributed by atoms with Crippen molar-refractivity contribution in [2.45, 2.75) is 33.2 Å². The highest BCUT2D eigenvalue weighted by molar-refractivity contribution is 6.01. The molecule has 1 unspecified atom stereocenters. The standard InChI is InChI=1S/C9H11N3O.C6H10O/c1-6-8-4-7(10-5-13)2-3-9(8)12-11-6;1-3-5-6(7)4-2/h2,4-5,9,12H,3H2,1H3,(H,10,13);3-5,7H,1-2H3/b;5-3-,6-4+. The molecule has 1 atom stereocenters. The number of hydrogen-bond donors (Lipinski definition) is 3. The van der Waals surface area contributed by atoms with Crippen molar-refractivity contribution in [1.29, 1.82) is 0 Å². The van der Waals surface area contributed by atoms with Gasteiger partial charge in [0.25, 0.3) is 0 Å². The van der Waals surface area contributed by atoms with E-state index in [1.807, 2.05) is 26.0 Å². The van der Waals surface area contributed by atoms with Crippen molar-refractivity contribution in [1.82, 2.24) is 10.7 Å². The number of aliphatic hydroxyl groups excluding tert-OH is 1. The second-order valence-electron chi connectivity index (χ2n) is 4.35. The second kappa shape index (κ2) is 7.99. The number of rotatable bonds is 3. The lowest BCUT2D eigenvalue weighted by atomic mass is 9.96. The SMILES string of the molecule is C/C=C\C(O)=C/C.CC1=NNC2CC=C(NC=O)C=C12. The van der Waals surface area contributed by atoms with Crippen LogP contribution < -0.4 is 10.7 Å². The maximum atomic E-state index is 10.2. The molecule has 1 amide bonds. The van der Waals surface area contributed by atoms with Crippen LogP contribution in [0.1, 0.15) is 27.2 Å². The first-order chi connectivity index (χ1) is 9.62. The summed E-state index contributed by atoms with van der Waals surface area (Å²) in [5, 5.41) is 15.4. The van der Waals surface area contributed by atoms with Crippen LogP contribution >= 0.6 is 0 Å². The summed E-state index contributed by atoms with van der Waals surface area (Å²) in [7, 11) is 0. The van der Waals surface area contributed by atoms with Crippen molar-refractivity contribution in [2.75, 3.05) is 0 Å². The van der Waals surface area contributed by atoms with Gasteiger partial charge in [-0.3, -0.25) is 4.79 Å². The normalized spacial score (nSPS) is 20.9. The molecule has 0 aromatic rings. The maximum absolute atomic E-state index is 10.2. The Morgan fingerprint density at radius 2 is 2.30 bits per heavy atom. The van der Waals surface area contributed by atoms with Crippen molar-refractivity contribution in [3.63, 3.8) is 0 Å². The molecule has 5 heteroatoms. The van der Waals surface area contributed by atoms with Gasteiger partial charge in [-0.15, -0.1) is 0 Å². The highest BCUT2D eigenvalue weighted by Gasteiger charge is 2.23. The van der Waals surface area contributed by atoms with Crippen molar-refractivity contribution in [3.8, 4) is 0 Å². The molecule has 0 saturated heterocycles. The predicted octanol–water partition coefficient (Wildman–Crippen LogP) is 2.32. The molecule has 20 heavy (non-hydrogen) atoms. The monoisotopic (exact) mass is 275 g/mol. The number of allylic oxidation sites excluding steroid dienone is 4. The van der Waals surface area contributed by atoms with Crippen LogP contribution in [0.25, 0.3) is 0 Å². The number of nitrogens with zero attached hydrogens (tertiary/aromatic N) is 1. The summed E-state index contributed by atoms with van der Waals surface area (Å²) in [6, 6.07) is 0.303. The van der Waals surface area contributed by atoms with E-state index < -0.39 is 0 Å². The zero-order valence-electron chi connectivity index (χ0n) is 12.1. The topological polar surface area (TPSA) is 73.7 Å². The van der Waals surface area contributed by atoms with Gasteiger partial charge in [-0.1, -0.05) is 12.2 Å². The van der Waals surface area contributed by atoms with E-state index in [0.29, 0.717) is 18.2 Å². The van der Waals surface area contributed by atoms with Crippen LogP contribution in [-0.2, 0) is 4.79 Å². The molecule has 0 radical (unpaired) electrons. The molecular formula is C15H21N3O2. The third-order valence-corrected chi connectivity index (χ3v) is 2.92. The van der Waals surface area contributed by atoms with Gasteiger partial charge in [-0.05, 0) is 45.4 Å². The Morgan fingerprint density at radius 1 is 1.55 bits per heavy atom. The summed E-state index contributed by atoms with van der Waals surface area (Å²) in [5.41, 5.74) is 6.07. The molecule has 0 saturated carbocycles. The van der Waals surface area contributed by atoms with Crippen LogP contribution in [0.15, 0.2) is 52.5 Å². The molecule has 0 spiro atoms. The molecule has 108 valence electrons. The molecule has 1 aliphatic carbocycles. The summed E-state index contributed by atoms with van der Waals surface area (Å²) in [6.07, 6.45) is 10.6. The van der Waals surface area contributed by atoms with Crippen LogP contribution in [0.5, 0.6) is 0 Å². The number of hydrazone groups is 1. The van der Waals surface area contributed by atoms with Gasteiger partial charge in [0.1, 0.15) is 5.76 Å². The van der Waals surface area contributed by atoms with E-state index >= 15 is 0 Å². The van der Waals surface area contributed by atoms with Crippen LogP contribution in [0.4, 0.5) is 0 Å². The molecule has 0 bridgehead atoms. The van der Waals surface area contributed by atoms with Gasteiger partial charge in [0.2, 0.25) is 6.41 Å². The lowest BCUT2D eigenvalue weighted by molar-refractivity contribution is -0.108. The minimum atomic E-state index is 0.303. The molecule has 0 fully saturated rings. The van der Waals surface area contributed by atoms with Gasteiger partial charge in [-0.25, -0.2) is 0 Å². The highest BCUT2D eigenvalue weighted by Crippen LogP contribution is 2.21. The van der Waals surface area contributed by atoms with E-state index in [0.717, 1.165) is 17.8 Å². The van der Waals surface area contributed by atoms with Crippen LogP contribution in [0.3, 0.4) is 0 Å². The Labute approximate surface area is 119 Å². The Kier molecular flexibility index (Phi) is 6.29. The first-order valence-electron chi connectivity index (χ1n) is 6.52. The fraction of sp³-hybridized carbons (Fsp3) is 0.333. The molecule has 0 aromatic heterocycles. The van der Waals surface area contributed by atoms with E-state index in [2.05, 4.69) is 15.8 Å². The number of nitrogens with one attached hydrogen (secondary N) is 2. The maximum Gasteiger partial charge on any atom is 0.211 e. The quantitative estimate of drug-likeness (QED) is 0.420. The van der Waals surface area contributed by atoms with Gasteiger partial charge < -0.3 is 15.8 Å². The smallest absolute Gasteiger partial charge is 0.211 e. The first kappa shape index (κ1) is 15.8. The van der Waals surface area contributed by atoms with E-state index in [9.17, 15) is 4.79 Å². The van der Waals surface area contributed by atoms with Crippen LogP contribution in [0.2, 0.25) is 0 Å². The summed E-state index contributed by atoms with van der Waals surface area (Å²) in [4.78, 5) is 10.2. The third-order valence-electron chi connectivity index (χ3n) is 2.92. The van der Waals surface area contributed by atoms with Crippen molar-refractivity contribution < 1.29 is 9.90 Å². The van der Waals surface area contributed by atoms with Crippen molar-refractivity contribution >= 4 is 12.1 Å². The number of carbonyl (C=O) groups excluding carboxylic acids is 1. The zero-order valence-corrected chi connectivity index (χ0v) is 12.1. The summed E-state index contributed by atoms with van der Waals surface area (Å²) in [6.45, 7) is 5.61. The number of carbonyl (C=O) groups is 1. The predicted molar refractivity (Wildman–Crippen MR) is 81.2 cm³/mol. The molecule has 3 N–H and O–H groups in total. The van der Waals surface area contributed by atoms with E-state index in [-0.39, 0.29) is 0 Å². The van der Waals surface area contributed by atoms with Gasteiger partial charge in [0.15, 0.2) is 0 Å². The zero-order chi connectivity index (χ0) is 15.0. The average molecular weight is 275 g/mol. The Morgan fingerprint density at radius 3 is 2.85 bits per heavy atom. The Balaban J connectivity index is 0.000000246. The Bertz CT molecular complexity index is 499. The summed E-state index contributed by atoms with van der Waals surface area (Å²) < 4.78 is 0. The van der Waals surface area contributed by atoms with E-state index in [4.69, 9.17) is 5.11 Å². The minimum Gasteiger partial charge on any atom is -0.508 e. The minimum absolute atomic E-state index is 0.303. The number of fused-ring (bicyclic) bond motifs is 1. The van der Waals surface area contributed by atoms with Gasteiger partial charge in [0, 0.05) is 11.3 Å². The Hall–Kier alpha value is -2.30. The first-order valence-corrected chi connectivity index (χ1v) is 6.52. The van der Waals surface area contributed by atoms with Crippen LogP contribution in [0, 0.1) is 0 Å². The lowest BCUT2D eigenvalue weighted by Crippen LogP contribution is -2.25. The summed E-state index contributed by atoms with van der Waals surface area (Å²) >= 11 is 0. The van der Waals surface area contributed by atoms with Gasteiger partial charge >= 0.3 is 0 Å². The van der Waals surface area contributed by atoms with E-state index in [1.54, 1.807) is 25.2 Å². The molecule has 1 aliphatic heterocycles. The van der Waals surface area contributed by atoms with Crippen LogP contribution in [-0.4, -0.2) is 23.3 Å². The number of amides is 1. The molecule has 0 aromatic carbocycles. The largest absolute Gasteiger partial charge is 0.508 e. The molecule has 2 aliphatic rings. The second-order valence-corrected chi connectivity index (χ2v) is 4.35. The fourth-order valence-electron chi connectivity index (χ4n) is 1.85. The van der Waals surface area contributed by atoms with Crippen molar-refractivity contribution in [2.24, 2.45) is 5.10 Å². The fourth-order valence-corrected chi connectivity index (χ4v) is 1.85.